The van der Waals surface area contributed by atoms with Crippen molar-refractivity contribution in [1.29, 1.82) is 5.26 Å². The van der Waals surface area contributed by atoms with E-state index in [1.54, 1.807) is 27.7 Å². The molecular formula is C26H38N2O5S2. The van der Waals surface area contributed by atoms with Crippen LogP contribution in [0, 0.1) is 22.2 Å². The minimum atomic E-state index is -1.21. The Morgan fingerprint density at radius 3 is 2.14 bits per heavy atom. The van der Waals surface area contributed by atoms with Gasteiger partial charge in [-0.15, -0.1) is 0 Å². The van der Waals surface area contributed by atoms with E-state index >= 15 is 0 Å². The van der Waals surface area contributed by atoms with Gasteiger partial charge in [0.1, 0.15) is 18.0 Å². The Bertz CT molecular complexity index is 901. The number of nitriles is 1. The number of carbonyl (C=O) groups excluding carboxylic acids is 2. The highest BCUT2D eigenvalue weighted by Crippen LogP contribution is 2.46. The van der Waals surface area contributed by atoms with Gasteiger partial charge in [-0.25, -0.2) is 0 Å². The van der Waals surface area contributed by atoms with Crippen molar-refractivity contribution in [2.24, 2.45) is 10.8 Å². The molecule has 0 aromatic heterocycles. The van der Waals surface area contributed by atoms with Crippen LogP contribution in [0.25, 0.3) is 0 Å². The van der Waals surface area contributed by atoms with Gasteiger partial charge in [0.15, 0.2) is 0 Å². The Morgan fingerprint density at radius 2 is 1.60 bits per heavy atom. The number of carbonyl (C=O) groups is 2. The molecule has 2 atom stereocenters. The minimum absolute atomic E-state index is 0.0787. The molecule has 1 aromatic rings. The van der Waals surface area contributed by atoms with E-state index in [0.717, 1.165) is 5.56 Å². The lowest BCUT2D eigenvalue weighted by Crippen LogP contribution is -2.45. The number of hydrogen-bond acceptors (Lipinski definition) is 9. The van der Waals surface area contributed by atoms with Gasteiger partial charge in [0.05, 0.1) is 27.7 Å². The molecular weight excluding hydrogens is 484 g/mol. The number of esters is 2. The van der Waals surface area contributed by atoms with E-state index in [1.807, 2.05) is 49.3 Å². The van der Waals surface area contributed by atoms with Crippen LogP contribution < -0.4 is 0 Å². The fourth-order valence-corrected chi connectivity index (χ4v) is 5.70. The molecule has 0 bridgehead atoms. The molecule has 35 heavy (non-hydrogen) atoms. The number of thiocarbonyl (C=S) groups is 1. The van der Waals surface area contributed by atoms with Crippen molar-refractivity contribution in [3.8, 4) is 6.07 Å². The number of rotatable bonds is 14. The number of methoxy groups -OCH3 is 1. The standard InChI is InChI=1S/C26H38N2O5S2/c1-24(2,19-27)17-25(3,22(29)32-14-13-28(5)6)18-26(4,23(30)33-16-15-31-7)35-21(34)20-11-9-8-10-12-20/h8-12H,13-18H2,1-7H3. The second kappa shape index (κ2) is 13.9. The Balaban J connectivity index is 3.34. The number of ether oxygens (including phenoxy) is 3. The van der Waals surface area contributed by atoms with Crippen molar-refractivity contribution in [1.82, 2.24) is 4.90 Å². The lowest BCUT2D eigenvalue weighted by molar-refractivity contribution is -0.159. The Morgan fingerprint density at radius 1 is 1.00 bits per heavy atom. The molecule has 9 heteroatoms. The van der Waals surface area contributed by atoms with Crippen molar-refractivity contribution < 1.29 is 23.8 Å². The fourth-order valence-electron chi connectivity index (χ4n) is 3.82. The third-order valence-corrected chi connectivity index (χ3v) is 7.07. The molecule has 2 unspecified atom stereocenters. The van der Waals surface area contributed by atoms with Crippen LogP contribution in [0.4, 0.5) is 0 Å². The molecule has 0 aliphatic rings. The van der Waals surface area contributed by atoms with Gasteiger partial charge in [-0.1, -0.05) is 54.3 Å². The van der Waals surface area contributed by atoms with Gasteiger partial charge < -0.3 is 19.1 Å². The predicted octanol–water partition coefficient (Wildman–Crippen LogP) is 4.48. The molecule has 1 aromatic carbocycles. The van der Waals surface area contributed by atoms with E-state index in [0.29, 0.717) is 10.7 Å². The first-order valence-electron chi connectivity index (χ1n) is 11.5. The van der Waals surface area contributed by atoms with Crippen molar-refractivity contribution in [3.05, 3.63) is 35.9 Å². The maximum Gasteiger partial charge on any atom is 0.322 e. The molecule has 0 aliphatic carbocycles. The molecule has 0 saturated heterocycles. The van der Waals surface area contributed by atoms with Crippen LogP contribution >= 0.6 is 24.0 Å². The maximum absolute atomic E-state index is 13.4. The van der Waals surface area contributed by atoms with Gasteiger partial charge in [0, 0.05) is 13.7 Å². The van der Waals surface area contributed by atoms with E-state index in [4.69, 9.17) is 26.4 Å². The molecule has 194 valence electrons. The van der Waals surface area contributed by atoms with Gasteiger partial charge in [-0.2, -0.15) is 5.26 Å². The summed E-state index contributed by atoms with van der Waals surface area (Å²) >= 11 is 6.86. The number of benzene rings is 1. The minimum Gasteiger partial charge on any atom is -0.464 e. The Kier molecular flexibility index (Phi) is 12.4. The van der Waals surface area contributed by atoms with Crippen LogP contribution in [-0.4, -0.2) is 73.4 Å². The predicted molar refractivity (Wildman–Crippen MR) is 143 cm³/mol. The zero-order valence-corrected chi connectivity index (χ0v) is 23.5. The molecule has 0 aliphatic heterocycles. The zero-order chi connectivity index (χ0) is 26.7. The number of likely N-dealkylation sites (N-methyl/N-ethyl adjacent to an activating group) is 1. The molecule has 0 spiro atoms. The van der Waals surface area contributed by atoms with Crippen molar-refractivity contribution in [2.45, 2.75) is 45.3 Å². The molecule has 7 nitrogen and oxygen atoms in total. The van der Waals surface area contributed by atoms with Crippen LogP contribution in [0.5, 0.6) is 0 Å². The first kappa shape index (κ1) is 31.0. The molecule has 0 fully saturated rings. The fraction of sp³-hybridized carbons (Fsp3) is 0.615. The summed E-state index contributed by atoms with van der Waals surface area (Å²) in [6.07, 6.45) is 0.284. The van der Waals surface area contributed by atoms with Crippen molar-refractivity contribution >= 4 is 40.1 Å². The highest BCUT2D eigenvalue weighted by Gasteiger charge is 2.50. The molecule has 0 saturated carbocycles. The van der Waals surface area contributed by atoms with E-state index < -0.39 is 27.5 Å². The topological polar surface area (TPSA) is 88.9 Å². The quantitative estimate of drug-likeness (QED) is 0.199. The monoisotopic (exact) mass is 522 g/mol. The second-order valence-corrected chi connectivity index (χ2v) is 12.1. The Hall–Kier alpha value is -1.99. The van der Waals surface area contributed by atoms with Crippen LogP contribution in [-0.2, 0) is 23.8 Å². The van der Waals surface area contributed by atoms with E-state index in [1.165, 1.54) is 18.9 Å². The van der Waals surface area contributed by atoms with Crippen LogP contribution in [0.2, 0.25) is 0 Å². The molecule has 0 heterocycles. The zero-order valence-electron chi connectivity index (χ0n) is 21.9. The average molecular weight is 523 g/mol. The normalized spacial score (nSPS) is 14.9. The summed E-state index contributed by atoms with van der Waals surface area (Å²) in [5.41, 5.74) is -1.16. The van der Waals surface area contributed by atoms with Crippen LogP contribution in [0.3, 0.4) is 0 Å². The highest BCUT2D eigenvalue weighted by molar-refractivity contribution is 8.25. The molecule has 1 rings (SSSR count). The lowest BCUT2D eigenvalue weighted by Gasteiger charge is -2.38. The summed E-state index contributed by atoms with van der Waals surface area (Å²) in [7, 11) is 5.30. The third kappa shape index (κ3) is 10.3. The first-order valence-corrected chi connectivity index (χ1v) is 12.7. The third-order valence-electron chi connectivity index (χ3n) is 5.41. The van der Waals surface area contributed by atoms with E-state index in [2.05, 4.69) is 6.07 Å². The van der Waals surface area contributed by atoms with Gasteiger partial charge in [-0.05, 0) is 60.2 Å². The van der Waals surface area contributed by atoms with Crippen LogP contribution in [0.15, 0.2) is 30.3 Å². The van der Waals surface area contributed by atoms with Crippen molar-refractivity contribution in [2.75, 3.05) is 47.6 Å². The largest absolute Gasteiger partial charge is 0.464 e. The number of thioether (sulfide) groups is 1. The number of nitrogens with zero attached hydrogens (tertiary/aromatic N) is 2. The van der Waals surface area contributed by atoms with E-state index in [-0.39, 0.29) is 32.7 Å². The highest BCUT2D eigenvalue weighted by atomic mass is 32.2. The summed E-state index contributed by atoms with van der Waals surface area (Å²) in [5.74, 6) is -0.954. The van der Waals surface area contributed by atoms with Crippen LogP contribution in [0.1, 0.15) is 46.1 Å². The lowest BCUT2D eigenvalue weighted by atomic mass is 9.70. The summed E-state index contributed by atoms with van der Waals surface area (Å²) in [4.78, 5) is 28.7. The SMILES string of the molecule is COCCOC(=O)C(C)(CC(C)(CC(C)(C)C#N)C(=O)OCCN(C)C)SC(=S)c1ccccc1. The molecule has 0 amide bonds. The summed E-state index contributed by atoms with van der Waals surface area (Å²) in [6, 6.07) is 11.7. The smallest absolute Gasteiger partial charge is 0.322 e. The van der Waals surface area contributed by atoms with Crippen molar-refractivity contribution in [3.63, 3.8) is 0 Å². The molecule has 0 radical (unpaired) electrons. The van der Waals surface area contributed by atoms with E-state index in [9.17, 15) is 14.9 Å². The average Bonchev–Trinajstić information content (AvgIpc) is 2.78. The first-order chi connectivity index (χ1) is 16.3. The Labute approximate surface area is 219 Å². The second-order valence-electron chi connectivity index (χ2n) is 9.96. The summed E-state index contributed by atoms with van der Waals surface area (Å²) < 4.78 is 15.5. The number of hydrogen-bond donors (Lipinski definition) is 0. The van der Waals surface area contributed by atoms with Gasteiger partial charge >= 0.3 is 11.9 Å². The molecule has 0 N–H and O–H groups in total. The van der Waals surface area contributed by atoms with Gasteiger partial charge in [-0.3, -0.25) is 9.59 Å². The maximum atomic E-state index is 13.4. The van der Waals surface area contributed by atoms with Gasteiger partial charge in [0.2, 0.25) is 0 Å². The summed E-state index contributed by atoms with van der Waals surface area (Å²) in [5, 5.41) is 9.69. The summed E-state index contributed by atoms with van der Waals surface area (Å²) in [6.45, 7) is 8.12. The van der Waals surface area contributed by atoms with Gasteiger partial charge in [0.25, 0.3) is 0 Å².